The molecule has 0 saturated carbocycles. The summed E-state index contributed by atoms with van der Waals surface area (Å²) in [5.74, 6) is 0. The van der Waals surface area contributed by atoms with E-state index in [0.29, 0.717) is 12.0 Å². The maximum Gasteiger partial charge on any atom is 0.416 e. The molecular formula is C11H13F3O. The topological polar surface area (TPSA) is 20.2 Å². The van der Waals surface area contributed by atoms with Crippen LogP contribution in [0.4, 0.5) is 13.2 Å². The fourth-order valence-electron chi connectivity index (χ4n) is 1.23. The smallest absolute Gasteiger partial charge is 0.385 e. The van der Waals surface area contributed by atoms with Crippen LogP contribution in [0.2, 0.25) is 0 Å². The Labute approximate surface area is 86.5 Å². The van der Waals surface area contributed by atoms with Gasteiger partial charge in [-0.3, -0.25) is 0 Å². The fraction of sp³-hybridized carbons (Fsp3) is 0.455. The van der Waals surface area contributed by atoms with E-state index >= 15 is 0 Å². The monoisotopic (exact) mass is 218 g/mol. The van der Waals surface area contributed by atoms with Crippen molar-refractivity contribution in [2.75, 3.05) is 0 Å². The summed E-state index contributed by atoms with van der Waals surface area (Å²) in [7, 11) is 0. The van der Waals surface area contributed by atoms with Gasteiger partial charge in [0.2, 0.25) is 0 Å². The van der Waals surface area contributed by atoms with Gasteiger partial charge in [-0.15, -0.1) is 0 Å². The van der Waals surface area contributed by atoms with Crippen LogP contribution in [0.5, 0.6) is 0 Å². The quantitative estimate of drug-likeness (QED) is 0.807. The van der Waals surface area contributed by atoms with Gasteiger partial charge in [0.15, 0.2) is 0 Å². The van der Waals surface area contributed by atoms with Crippen LogP contribution in [0.25, 0.3) is 0 Å². The Hall–Kier alpha value is -1.03. The molecule has 84 valence electrons. The van der Waals surface area contributed by atoms with Crippen molar-refractivity contribution in [1.29, 1.82) is 0 Å². The number of alkyl halides is 3. The molecule has 1 aromatic rings. The zero-order valence-electron chi connectivity index (χ0n) is 8.60. The molecule has 4 heteroatoms. The molecule has 0 saturated heterocycles. The molecule has 1 rings (SSSR count). The van der Waals surface area contributed by atoms with Crippen molar-refractivity contribution in [2.45, 2.75) is 32.0 Å². The lowest BCUT2D eigenvalue weighted by Crippen LogP contribution is -2.20. The van der Waals surface area contributed by atoms with Gasteiger partial charge in [-0.1, -0.05) is 19.1 Å². The number of aliphatic hydroxyl groups is 1. The minimum atomic E-state index is -4.36. The van der Waals surface area contributed by atoms with Gasteiger partial charge in [0.05, 0.1) is 11.2 Å². The second kappa shape index (κ2) is 3.85. The molecule has 0 spiro atoms. The third-order valence-corrected chi connectivity index (χ3v) is 2.50. The lowest BCUT2D eigenvalue weighted by molar-refractivity contribution is -0.137. The summed E-state index contributed by atoms with van der Waals surface area (Å²) in [5, 5.41) is 9.82. The van der Waals surface area contributed by atoms with Gasteiger partial charge in [-0.2, -0.15) is 13.2 Å². The van der Waals surface area contributed by atoms with Crippen LogP contribution >= 0.6 is 0 Å². The average Bonchev–Trinajstić information content (AvgIpc) is 2.17. The summed E-state index contributed by atoms with van der Waals surface area (Å²) in [4.78, 5) is 0. The summed E-state index contributed by atoms with van der Waals surface area (Å²) < 4.78 is 37.1. The zero-order valence-corrected chi connectivity index (χ0v) is 8.60. The lowest BCUT2D eigenvalue weighted by Gasteiger charge is -2.22. The minimum absolute atomic E-state index is 0.292. The lowest BCUT2D eigenvalue weighted by atomic mass is 9.92. The largest absolute Gasteiger partial charge is 0.416 e. The van der Waals surface area contributed by atoms with Crippen LogP contribution in [0.15, 0.2) is 24.3 Å². The van der Waals surface area contributed by atoms with Crippen LogP contribution in [-0.4, -0.2) is 5.11 Å². The molecule has 0 heterocycles. The van der Waals surface area contributed by atoms with E-state index in [9.17, 15) is 18.3 Å². The molecule has 0 aliphatic carbocycles. The molecule has 1 atom stereocenters. The van der Waals surface area contributed by atoms with Crippen molar-refractivity contribution in [1.82, 2.24) is 0 Å². The van der Waals surface area contributed by atoms with Gasteiger partial charge in [0.1, 0.15) is 0 Å². The molecular weight excluding hydrogens is 205 g/mol. The molecule has 0 aliphatic heterocycles. The Balaban J connectivity index is 3.14. The van der Waals surface area contributed by atoms with Crippen molar-refractivity contribution in [3.05, 3.63) is 35.4 Å². The van der Waals surface area contributed by atoms with E-state index in [1.54, 1.807) is 6.92 Å². The molecule has 0 aromatic heterocycles. The Morgan fingerprint density at radius 1 is 1.20 bits per heavy atom. The summed E-state index contributed by atoms with van der Waals surface area (Å²) >= 11 is 0. The Morgan fingerprint density at radius 2 is 1.73 bits per heavy atom. The molecule has 0 radical (unpaired) electrons. The summed E-state index contributed by atoms with van der Waals surface area (Å²) in [5.41, 5.74) is -1.64. The highest BCUT2D eigenvalue weighted by Gasteiger charge is 2.32. The molecule has 0 fully saturated rings. The van der Waals surface area contributed by atoms with Crippen LogP contribution in [0.3, 0.4) is 0 Å². The predicted octanol–water partition coefficient (Wildman–Crippen LogP) is 3.32. The van der Waals surface area contributed by atoms with Crippen LogP contribution in [0.1, 0.15) is 31.4 Å². The van der Waals surface area contributed by atoms with Crippen molar-refractivity contribution < 1.29 is 18.3 Å². The average molecular weight is 218 g/mol. The van der Waals surface area contributed by atoms with Gasteiger partial charge in [0, 0.05) is 0 Å². The van der Waals surface area contributed by atoms with Crippen molar-refractivity contribution in [2.24, 2.45) is 0 Å². The highest BCUT2D eigenvalue weighted by molar-refractivity contribution is 5.29. The standard InChI is InChI=1S/C11H13F3O/c1-3-10(2,15)8-5-4-6-9(7-8)11(12,13)14/h4-7,15H,3H2,1-2H3. The number of hydrogen-bond donors (Lipinski definition) is 1. The highest BCUT2D eigenvalue weighted by atomic mass is 19.4. The summed E-state index contributed by atoms with van der Waals surface area (Å²) in [6.45, 7) is 3.22. The van der Waals surface area contributed by atoms with E-state index in [-0.39, 0.29) is 0 Å². The van der Waals surface area contributed by atoms with E-state index in [2.05, 4.69) is 0 Å². The normalized spacial score (nSPS) is 16.1. The van der Waals surface area contributed by atoms with Gasteiger partial charge in [-0.25, -0.2) is 0 Å². The third kappa shape index (κ3) is 2.72. The van der Waals surface area contributed by atoms with E-state index in [4.69, 9.17) is 0 Å². The molecule has 1 N–H and O–H groups in total. The molecule has 1 aromatic carbocycles. The Bertz CT molecular complexity index is 342. The number of rotatable bonds is 2. The third-order valence-electron chi connectivity index (χ3n) is 2.50. The van der Waals surface area contributed by atoms with Gasteiger partial charge in [-0.05, 0) is 31.0 Å². The molecule has 0 bridgehead atoms. The van der Waals surface area contributed by atoms with Crippen LogP contribution in [0, 0.1) is 0 Å². The molecule has 0 amide bonds. The predicted molar refractivity (Wildman–Crippen MR) is 51.3 cm³/mol. The molecule has 1 nitrogen and oxygen atoms in total. The Morgan fingerprint density at radius 3 is 2.20 bits per heavy atom. The second-order valence-corrected chi connectivity index (χ2v) is 3.71. The molecule has 0 aliphatic rings. The van der Waals surface area contributed by atoms with E-state index in [1.807, 2.05) is 0 Å². The molecule has 1 unspecified atom stereocenters. The van der Waals surface area contributed by atoms with E-state index in [0.717, 1.165) is 12.1 Å². The first kappa shape index (κ1) is 12.0. The van der Waals surface area contributed by atoms with E-state index < -0.39 is 17.3 Å². The zero-order chi connectivity index (χ0) is 11.7. The van der Waals surface area contributed by atoms with Gasteiger partial charge in [0.25, 0.3) is 0 Å². The maximum atomic E-state index is 12.4. The van der Waals surface area contributed by atoms with Gasteiger partial charge >= 0.3 is 6.18 Å². The SMILES string of the molecule is CCC(C)(O)c1cccc(C(F)(F)F)c1. The first-order chi connectivity index (χ1) is 6.77. The number of halogens is 3. The first-order valence-electron chi connectivity index (χ1n) is 4.67. The molecule has 15 heavy (non-hydrogen) atoms. The fourth-order valence-corrected chi connectivity index (χ4v) is 1.23. The number of hydrogen-bond acceptors (Lipinski definition) is 1. The van der Waals surface area contributed by atoms with E-state index in [1.165, 1.54) is 19.1 Å². The van der Waals surface area contributed by atoms with Crippen LogP contribution < -0.4 is 0 Å². The van der Waals surface area contributed by atoms with Crippen molar-refractivity contribution in [3.8, 4) is 0 Å². The maximum absolute atomic E-state index is 12.4. The highest BCUT2D eigenvalue weighted by Crippen LogP contribution is 2.32. The van der Waals surface area contributed by atoms with Gasteiger partial charge < -0.3 is 5.11 Å². The second-order valence-electron chi connectivity index (χ2n) is 3.71. The Kier molecular flexibility index (Phi) is 3.09. The van der Waals surface area contributed by atoms with Crippen molar-refractivity contribution >= 4 is 0 Å². The van der Waals surface area contributed by atoms with Crippen molar-refractivity contribution in [3.63, 3.8) is 0 Å². The first-order valence-corrected chi connectivity index (χ1v) is 4.67. The minimum Gasteiger partial charge on any atom is -0.385 e. The van der Waals surface area contributed by atoms with Crippen LogP contribution in [-0.2, 0) is 11.8 Å². The summed E-state index contributed by atoms with van der Waals surface area (Å²) in [6, 6.07) is 4.79. The summed E-state index contributed by atoms with van der Waals surface area (Å²) in [6.07, 6.45) is -3.99. The number of benzene rings is 1.